The fraction of sp³-hybridized carbons (Fsp3) is 0.400. The van der Waals surface area contributed by atoms with Gasteiger partial charge in [-0.05, 0) is 24.3 Å². The van der Waals surface area contributed by atoms with Crippen LogP contribution in [0.2, 0.25) is 0 Å². The van der Waals surface area contributed by atoms with Crippen LogP contribution in [0.5, 0.6) is 0 Å². The Kier molecular flexibility index (Phi) is 2.45. The summed E-state index contributed by atoms with van der Waals surface area (Å²) in [5.74, 6) is -0.160. The molecule has 2 N–H and O–H groups in total. The quantitative estimate of drug-likeness (QED) is 0.656. The van der Waals surface area contributed by atoms with Gasteiger partial charge < -0.3 is 10.2 Å². The van der Waals surface area contributed by atoms with E-state index >= 15 is 0 Å². The lowest BCUT2D eigenvalue weighted by molar-refractivity contribution is -0.655. The third-order valence-corrected chi connectivity index (χ3v) is 2.40. The Hall–Kier alpha value is -1.09. The van der Waals surface area contributed by atoms with E-state index in [-0.39, 0.29) is 5.82 Å². The normalized spacial score (nSPS) is 17.5. The van der Waals surface area contributed by atoms with E-state index in [9.17, 15) is 4.39 Å². The largest absolute Gasteiger partial charge is 0.360 e. The lowest BCUT2D eigenvalue weighted by Gasteiger charge is -2.27. The Labute approximate surface area is 77.4 Å². The first-order valence-electron chi connectivity index (χ1n) is 4.68. The number of anilines is 1. The molecule has 0 unspecified atom stereocenters. The Bertz CT molecular complexity index is 265. The number of piperazine rings is 1. The molecule has 0 aromatic heterocycles. The third-order valence-electron chi connectivity index (χ3n) is 2.40. The monoisotopic (exact) mass is 181 g/mol. The smallest absolute Gasteiger partial charge is 0.123 e. The highest BCUT2D eigenvalue weighted by Crippen LogP contribution is 2.13. The standard InChI is InChI=1S/C10H13FN2/c11-9-1-3-10(4-2-9)13-7-5-12-6-8-13/h1-4,12H,5-8H2/p+1. The van der Waals surface area contributed by atoms with Crippen LogP contribution in [0.25, 0.3) is 0 Å². The van der Waals surface area contributed by atoms with Gasteiger partial charge in [0.1, 0.15) is 5.82 Å². The summed E-state index contributed by atoms with van der Waals surface area (Å²) in [5.41, 5.74) is 1.13. The van der Waals surface area contributed by atoms with E-state index in [1.54, 1.807) is 0 Å². The number of hydrogen-bond donors (Lipinski definition) is 1. The number of halogens is 1. The highest BCUT2D eigenvalue weighted by atomic mass is 19.1. The lowest BCUT2D eigenvalue weighted by atomic mass is 10.2. The molecule has 1 aliphatic heterocycles. The Morgan fingerprint density at radius 3 is 2.31 bits per heavy atom. The fourth-order valence-corrected chi connectivity index (χ4v) is 1.66. The van der Waals surface area contributed by atoms with Gasteiger partial charge in [-0.15, -0.1) is 0 Å². The van der Waals surface area contributed by atoms with Gasteiger partial charge in [0.15, 0.2) is 0 Å². The SMILES string of the molecule is Fc1ccc(N2CC[NH2+]CC2)cc1. The van der Waals surface area contributed by atoms with Crippen LogP contribution in [-0.4, -0.2) is 26.2 Å². The van der Waals surface area contributed by atoms with Gasteiger partial charge in [-0.3, -0.25) is 0 Å². The van der Waals surface area contributed by atoms with Gasteiger partial charge in [0.25, 0.3) is 0 Å². The second kappa shape index (κ2) is 3.75. The Morgan fingerprint density at radius 1 is 1.08 bits per heavy atom. The molecular weight excluding hydrogens is 167 g/mol. The van der Waals surface area contributed by atoms with E-state index in [1.807, 2.05) is 12.1 Å². The van der Waals surface area contributed by atoms with E-state index < -0.39 is 0 Å². The highest BCUT2D eigenvalue weighted by Gasteiger charge is 2.11. The van der Waals surface area contributed by atoms with E-state index in [1.165, 1.54) is 12.1 Å². The van der Waals surface area contributed by atoms with Crippen LogP contribution in [-0.2, 0) is 0 Å². The molecule has 70 valence electrons. The molecule has 1 saturated heterocycles. The van der Waals surface area contributed by atoms with Crippen LogP contribution in [0.3, 0.4) is 0 Å². The molecule has 2 nitrogen and oxygen atoms in total. The first-order chi connectivity index (χ1) is 6.36. The van der Waals surface area contributed by atoms with E-state index in [4.69, 9.17) is 0 Å². The van der Waals surface area contributed by atoms with Crippen molar-refractivity contribution >= 4 is 5.69 Å². The molecule has 1 fully saturated rings. The molecule has 1 aromatic rings. The van der Waals surface area contributed by atoms with Crippen LogP contribution < -0.4 is 10.2 Å². The summed E-state index contributed by atoms with van der Waals surface area (Å²) in [5, 5.41) is 2.31. The van der Waals surface area contributed by atoms with Crippen molar-refractivity contribution in [3.8, 4) is 0 Å². The summed E-state index contributed by atoms with van der Waals surface area (Å²) in [7, 11) is 0. The molecule has 0 spiro atoms. The third kappa shape index (κ3) is 1.98. The van der Waals surface area contributed by atoms with E-state index in [0.717, 1.165) is 31.9 Å². The first kappa shape index (κ1) is 8.51. The van der Waals surface area contributed by atoms with Crippen molar-refractivity contribution in [2.24, 2.45) is 0 Å². The van der Waals surface area contributed by atoms with Crippen molar-refractivity contribution in [2.45, 2.75) is 0 Å². The molecule has 1 aromatic carbocycles. The fourth-order valence-electron chi connectivity index (χ4n) is 1.66. The van der Waals surface area contributed by atoms with Gasteiger partial charge in [-0.1, -0.05) is 0 Å². The molecule has 13 heavy (non-hydrogen) atoms. The molecule has 1 heterocycles. The maximum absolute atomic E-state index is 12.6. The van der Waals surface area contributed by atoms with Crippen molar-refractivity contribution in [3.05, 3.63) is 30.1 Å². The van der Waals surface area contributed by atoms with Crippen molar-refractivity contribution in [1.29, 1.82) is 0 Å². The predicted molar refractivity (Wildman–Crippen MR) is 50.3 cm³/mol. The zero-order valence-electron chi connectivity index (χ0n) is 7.54. The van der Waals surface area contributed by atoms with Crippen LogP contribution in [0.1, 0.15) is 0 Å². The molecule has 0 saturated carbocycles. The average Bonchev–Trinajstić information content (AvgIpc) is 2.20. The Balaban J connectivity index is 2.10. The van der Waals surface area contributed by atoms with Crippen molar-refractivity contribution < 1.29 is 9.71 Å². The minimum Gasteiger partial charge on any atom is -0.360 e. The van der Waals surface area contributed by atoms with Crippen LogP contribution in [0.4, 0.5) is 10.1 Å². The van der Waals surface area contributed by atoms with Gasteiger partial charge in [0, 0.05) is 5.69 Å². The molecule has 0 atom stereocenters. The van der Waals surface area contributed by atoms with Gasteiger partial charge in [0.05, 0.1) is 26.2 Å². The van der Waals surface area contributed by atoms with E-state index in [0.29, 0.717) is 0 Å². The number of benzene rings is 1. The van der Waals surface area contributed by atoms with Gasteiger partial charge in [0.2, 0.25) is 0 Å². The maximum Gasteiger partial charge on any atom is 0.123 e. The zero-order valence-corrected chi connectivity index (χ0v) is 7.54. The molecule has 0 amide bonds. The van der Waals surface area contributed by atoms with Gasteiger partial charge in [-0.2, -0.15) is 0 Å². The second-order valence-corrected chi connectivity index (χ2v) is 3.33. The molecular formula is C10H14FN2+. The lowest BCUT2D eigenvalue weighted by Crippen LogP contribution is -2.89. The number of hydrogen-bond acceptors (Lipinski definition) is 1. The molecule has 0 aliphatic carbocycles. The molecule has 0 bridgehead atoms. The van der Waals surface area contributed by atoms with Crippen molar-refractivity contribution in [2.75, 3.05) is 31.1 Å². The van der Waals surface area contributed by atoms with Crippen molar-refractivity contribution in [1.82, 2.24) is 0 Å². The van der Waals surface area contributed by atoms with Crippen LogP contribution >= 0.6 is 0 Å². The Morgan fingerprint density at radius 2 is 1.69 bits per heavy atom. The molecule has 0 radical (unpaired) electrons. The first-order valence-corrected chi connectivity index (χ1v) is 4.68. The van der Waals surface area contributed by atoms with E-state index in [2.05, 4.69) is 10.2 Å². The number of quaternary nitrogens is 1. The number of rotatable bonds is 1. The summed E-state index contributed by atoms with van der Waals surface area (Å²) < 4.78 is 12.6. The number of nitrogens with zero attached hydrogens (tertiary/aromatic N) is 1. The summed E-state index contributed by atoms with van der Waals surface area (Å²) in [6.07, 6.45) is 0. The summed E-state index contributed by atoms with van der Waals surface area (Å²) in [6.45, 7) is 4.39. The zero-order chi connectivity index (χ0) is 9.10. The molecule has 2 rings (SSSR count). The van der Waals surface area contributed by atoms with Gasteiger partial charge in [-0.25, -0.2) is 4.39 Å². The summed E-state index contributed by atoms with van der Waals surface area (Å²) >= 11 is 0. The minimum atomic E-state index is -0.160. The average molecular weight is 181 g/mol. The van der Waals surface area contributed by atoms with Crippen LogP contribution in [0.15, 0.2) is 24.3 Å². The second-order valence-electron chi connectivity index (χ2n) is 3.33. The molecule has 3 heteroatoms. The van der Waals surface area contributed by atoms with Gasteiger partial charge >= 0.3 is 0 Å². The topological polar surface area (TPSA) is 19.9 Å². The summed E-state index contributed by atoms with van der Waals surface area (Å²) in [6, 6.07) is 6.74. The van der Waals surface area contributed by atoms with Crippen molar-refractivity contribution in [3.63, 3.8) is 0 Å². The predicted octanol–water partition coefficient (Wildman–Crippen LogP) is 0.209. The maximum atomic E-state index is 12.6. The van der Waals surface area contributed by atoms with Crippen LogP contribution in [0, 0.1) is 5.82 Å². The molecule has 1 aliphatic rings. The minimum absolute atomic E-state index is 0.160. The summed E-state index contributed by atoms with van der Waals surface area (Å²) in [4.78, 5) is 2.29. The highest BCUT2D eigenvalue weighted by molar-refractivity contribution is 5.46. The number of nitrogens with two attached hydrogens (primary N) is 1.